The van der Waals surface area contributed by atoms with Crippen LogP contribution in [0.5, 0.6) is 0 Å². The Kier molecular flexibility index (Phi) is 6.51. The number of nitrogens with one attached hydrogen (secondary N) is 3. The van der Waals surface area contributed by atoms with Gasteiger partial charge < -0.3 is 19.8 Å². The predicted molar refractivity (Wildman–Crippen MR) is 111 cm³/mol. The van der Waals surface area contributed by atoms with Gasteiger partial charge >= 0.3 is 12.1 Å². The predicted octanol–water partition coefficient (Wildman–Crippen LogP) is 3.44. The molecule has 2 amide bonds. The van der Waals surface area contributed by atoms with Gasteiger partial charge in [-0.15, -0.1) is 0 Å². The van der Waals surface area contributed by atoms with Crippen LogP contribution >= 0.6 is 0 Å². The molecule has 2 bridgehead atoms. The molecular weight excluding hydrogens is 388 g/mol. The van der Waals surface area contributed by atoms with Crippen molar-refractivity contribution in [3.63, 3.8) is 0 Å². The van der Waals surface area contributed by atoms with Crippen molar-refractivity contribution in [2.75, 3.05) is 24.4 Å². The van der Waals surface area contributed by atoms with Crippen LogP contribution < -0.4 is 10.6 Å². The average molecular weight is 412 g/mol. The van der Waals surface area contributed by atoms with E-state index < -0.39 is 17.9 Å². The number of aromatic nitrogens is 2. The number of hydrogen-bond donors (Lipinski definition) is 3. The summed E-state index contributed by atoms with van der Waals surface area (Å²) in [7, 11) is 1.27. The molecule has 9 nitrogen and oxygen atoms in total. The van der Waals surface area contributed by atoms with Crippen LogP contribution in [0, 0.1) is 5.92 Å². The third-order valence-corrected chi connectivity index (χ3v) is 4.71. The van der Waals surface area contributed by atoms with Crippen molar-refractivity contribution in [3.05, 3.63) is 42.4 Å². The summed E-state index contributed by atoms with van der Waals surface area (Å²) >= 11 is 0. The monoisotopic (exact) mass is 412 g/mol. The molecule has 0 fully saturated rings. The number of aromatic amines is 1. The molecule has 1 aromatic carbocycles. The Balaban J connectivity index is 2.06. The highest BCUT2D eigenvalue weighted by Crippen LogP contribution is 2.32. The molecule has 1 aliphatic rings. The van der Waals surface area contributed by atoms with E-state index in [-0.39, 0.29) is 18.5 Å². The fraction of sp³-hybridized carbons (Fsp3) is 0.333. The molecule has 158 valence electrons. The number of amides is 2. The second-order valence-corrected chi connectivity index (χ2v) is 6.81. The van der Waals surface area contributed by atoms with Gasteiger partial charge in [0.2, 0.25) is 5.91 Å². The topological polar surface area (TPSA) is 122 Å². The number of ether oxygens (including phenoxy) is 2. The molecule has 3 rings (SSSR count). The van der Waals surface area contributed by atoms with Gasteiger partial charge in [-0.3, -0.25) is 14.9 Å². The van der Waals surface area contributed by atoms with Crippen LogP contribution in [0.3, 0.4) is 0 Å². The number of nitrogens with zero attached hydrogens (tertiary/aromatic N) is 1. The number of methoxy groups -OCH3 is 1. The molecule has 3 N–H and O–H groups in total. The van der Waals surface area contributed by atoms with E-state index in [1.54, 1.807) is 50.4 Å². The standard InChI is InChI=1S/C21H24N4O5/c1-4-30-20(27)15-7-5-6-12(2)19(26)25-16-10-13(23-21(28)29-3)8-9-14(16)17-11-22-18(15)24-17/h5-6,8-12,15H,4,7H2,1-3H3,(H,22,24)(H,23,28)(H,25,26)/b6-5+/t12-,15?/m1/s1. The van der Waals surface area contributed by atoms with Crippen molar-refractivity contribution in [1.29, 1.82) is 0 Å². The lowest BCUT2D eigenvalue weighted by Gasteiger charge is -2.16. The van der Waals surface area contributed by atoms with Gasteiger partial charge in [0.15, 0.2) is 0 Å². The lowest BCUT2D eigenvalue weighted by atomic mass is 10.0. The second-order valence-electron chi connectivity index (χ2n) is 6.81. The zero-order valence-electron chi connectivity index (χ0n) is 17.0. The zero-order chi connectivity index (χ0) is 21.7. The maximum Gasteiger partial charge on any atom is 0.411 e. The minimum atomic E-state index is -0.619. The Morgan fingerprint density at radius 2 is 2.13 bits per heavy atom. The number of benzene rings is 1. The first-order valence-corrected chi connectivity index (χ1v) is 9.61. The van der Waals surface area contributed by atoms with Crippen molar-refractivity contribution in [2.45, 2.75) is 26.2 Å². The summed E-state index contributed by atoms with van der Waals surface area (Å²) < 4.78 is 9.81. The Labute approximate surface area is 173 Å². The van der Waals surface area contributed by atoms with Crippen molar-refractivity contribution in [1.82, 2.24) is 9.97 Å². The van der Waals surface area contributed by atoms with Crippen LogP contribution in [0.15, 0.2) is 36.5 Å². The van der Waals surface area contributed by atoms with Crippen LogP contribution in [-0.4, -0.2) is 41.7 Å². The summed E-state index contributed by atoms with van der Waals surface area (Å²) in [5, 5.41) is 5.47. The molecule has 1 aliphatic heterocycles. The van der Waals surface area contributed by atoms with Crippen molar-refractivity contribution >= 4 is 29.3 Å². The number of anilines is 2. The number of allylic oxidation sites excluding steroid dienone is 1. The van der Waals surface area contributed by atoms with Gasteiger partial charge in [0, 0.05) is 11.3 Å². The molecule has 0 radical (unpaired) electrons. The van der Waals surface area contributed by atoms with Gasteiger partial charge in [0.25, 0.3) is 0 Å². The fourth-order valence-corrected chi connectivity index (χ4v) is 3.09. The summed E-state index contributed by atoms with van der Waals surface area (Å²) in [5.41, 5.74) is 2.23. The summed E-state index contributed by atoms with van der Waals surface area (Å²) in [5.74, 6) is -1.16. The summed E-state index contributed by atoms with van der Waals surface area (Å²) in [6.45, 7) is 3.78. The van der Waals surface area contributed by atoms with E-state index in [1.807, 2.05) is 0 Å². The van der Waals surface area contributed by atoms with Gasteiger partial charge in [0.1, 0.15) is 11.7 Å². The van der Waals surface area contributed by atoms with Gasteiger partial charge in [-0.25, -0.2) is 9.78 Å². The lowest BCUT2D eigenvalue weighted by Crippen LogP contribution is -2.20. The normalized spacial score (nSPS) is 19.4. The molecule has 0 aliphatic carbocycles. The van der Waals surface area contributed by atoms with Crippen LogP contribution in [-0.2, 0) is 19.1 Å². The van der Waals surface area contributed by atoms with Crippen molar-refractivity contribution in [3.8, 4) is 11.3 Å². The van der Waals surface area contributed by atoms with Gasteiger partial charge in [-0.05, 0) is 31.5 Å². The summed E-state index contributed by atoms with van der Waals surface area (Å²) in [4.78, 5) is 44.2. The largest absolute Gasteiger partial charge is 0.465 e. The third kappa shape index (κ3) is 4.68. The average Bonchev–Trinajstić information content (AvgIpc) is 3.20. The molecule has 0 spiro atoms. The van der Waals surface area contributed by atoms with E-state index in [0.717, 1.165) is 0 Å². The Morgan fingerprint density at radius 3 is 2.87 bits per heavy atom. The number of esters is 1. The van der Waals surface area contributed by atoms with Gasteiger partial charge in [-0.1, -0.05) is 19.1 Å². The maximum atomic E-state index is 12.7. The first kappa shape index (κ1) is 21.1. The fourth-order valence-electron chi connectivity index (χ4n) is 3.09. The van der Waals surface area contributed by atoms with Crippen molar-refractivity contribution in [2.24, 2.45) is 5.92 Å². The van der Waals surface area contributed by atoms with Crippen LogP contribution in [0.1, 0.15) is 32.0 Å². The highest BCUT2D eigenvalue weighted by molar-refractivity contribution is 5.98. The molecular formula is C21H24N4O5. The lowest BCUT2D eigenvalue weighted by molar-refractivity contribution is -0.145. The smallest absolute Gasteiger partial charge is 0.411 e. The zero-order valence-corrected chi connectivity index (χ0v) is 17.0. The molecule has 9 heteroatoms. The molecule has 2 atom stereocenters. The van der Waals surface area contributed by atoms with Crippen LogP contribution in [0.25, 0.3) is 11.3 Å². The highest BCUT2D eigenvalue weighted by atomic mass is 16.5. The number of H-pyrrole nitrogens is 1. The molecule has 30 heavy (non-hydrogen) atoms. The number of carbonyl (C=O) groups is 3. The van der Waals surface area contributed by atoms with Crippen LogP contribution in [0.2, 0.25) is 0 Å². The van der Waals surface area contributed by atoms with Gasteiger partial charge in [0.05, 0.1) is 37.2 Å². The number of carbonyl (C=O) groups excluding carboxylic acids is 3. The summed E-state index contributed by atoms with van der Waals surface area (Å²) in [6.07, 6.45) is 4.87. The quantitative estimate of drug-likeness (QED) is 0.524. The second kappa shape index (κ2) is 9.25. The molecule has 0 saturated carbocycles. The van der Waals surface area contributed by atoms with E-state index in [1.165, 1.54) is 7.11 Å². The maximum absolute atomic E-state index is 12.7. The summed E-state index contributed by atoms with van der Waals surface area (Å²) in [6, 6.07) is 5.06. The molecule has 1 aromatic heterocycles. The number of imidazole rings is 1. The van der Waals surface area contributed by atoms with E-state index in [0.29, 0.717) is 34.9 Å². The number of hydrogen-bond acceptors (Lipinski definition) is 6. The number of fused-ring (bicyclic) bond motifs is 4. The Hall–Kier alpha value is -3.62. The molecule has 0 saturated heterocycles. The molecule has 1 unspecified atom stereocenters. The first-order chi connectivity index (χ1) is 14.4. The molecule has 2 aromatic rings. The van der Waals surface area contributed by atoms with E-state index >= 15 is 0 Å². The van der Waals surface area contributed by atoms with E-state index in [2.05, 4.69) is 25.3 Å². The number of rotatable bonds is 3. The van der Waals surface area contributed by atoms with E-state index in [9.17, 15) is 14.4 Å². The minimum Gasteiger partial charge on any atom is -0.465 e. The Bertz CT molecular complexity index is 982. The van der Waals surface area contributed by atoms with Crippen molar-refractivity contribution < 1.29 is 23.9 Å². The molecule has 2 heterocycles. The van der Waals surface area contributed by atoms with Gasteiger partial charge in [-0.2, -0.15) is 0 Å². The van der Waals surface area contributed by atoms with E-state index in [4.69, 9.17) is 4.74 Å². The Morgan fingerprint density at radius 1 is 1.33 bits per heavy atom. The first-order valence-electron chi connectivity index (χ1n) is 9.61. The third-order valence-electron chi connectivity index (χ3n) is 4.71. The highest BCUT2D eigenvalue weighted by Gasteiger charge is 2.25. The minimum absolute atomic E-state index is 0.226. The van der Waals surface area contributed by atoms with Crippen LogP contribution in [0.4, 0.5) is 16.2 Å². The SMILES string of the molecule is CCOC(=O)C1C/C=C/[C@@H](C)C(=O)Nc2cc(NC(=O)OC)ccc2-c2cnc1[nH]2.